The largest absolute Gasteiger partial charge is 0.491 e. The molecule has 2 saturated heterocycles. The third-order valence-electron chi connectivity index (χ3n) is 5.85. The Hall–Kier alpha value is -2.76. The lowest BCUT2D eigenvalue weighted by Gasteiger charge is -2.40. The van der Waals surface area contributed by atoms with Gasteiger partial charge in [-0.2, -0.15) is 0 Å². The van der Waals surface area contributed by atoms with E-state index in [9.17, 15) is 4.79 Å². The number of piperidine rings is 1. The number of benzene rings is 2. The number of hydrogen-bond acceptors (Lipinski definition) is 3. The fourth-order valence-electron chi connectivity index (χ4n) is 4.48. The Morgan fingerprint density at radius 3 is 2.97 bits per heavy atom. The molecule has 0 saturated carbocycles. The van der Waals surface area contributed by atoms with Crippen molar-refractivity contribution in [2.75, 3.05) is 39.3 Å². The number of rotatable bonds is 5. The van der Waals surface area contributed by atoms with Crippen molar-refractivity contribution in [3.05, 3.63) is 42.5 Å². The number of nitrogens with one attached hydrogen (secondary N) is 2. The lowest BCUT2D eigenvalue weighted by molar-refractivity contribution is -0.119. The number of aliphatic imine (C=N–C) groups is 1. The van der Waals surface area contributed by atoms with Gasteiger partial charge in [-0.1, -0.05) is 36.4 Å². The summed E-state index contributed by atoms with van der Waals surface area (Å²) in [6, 6.07) is 14.4. The molecule has 2 fully saturated rings. The van der Waals surface area contributed by atoms with E-state index in [-0.39, 0.29) is 11.3 Å². The van der Waals surface area contributed by atoms with Crippen molar-refractivity contribution < 1.29 is 9.53 Å². The van der Waals surface area contributed by atoms with Crippen LogP contribution in [0.25, 0.3) is 10.8 Å². The minimum atomic E-state index is 0.0605. The summed E-state index contributed by atoms with van der Waals surface area (Å²) in [6.07, 6.45) is 2.82. The zero-order valence-electron chi connectivity index (χ0n) is 17.1. The third kappa shape index (κ3) is 4.47. The third-order valence-corrected chi connectivity index (χ3v) is 5.85. The lowest BCUT2D eigenvalue weighted by Crippen LogP contribution is -2.51. The van der Waals surface area contributed by atoms with E-state index in [0.717, 1.165) is 56.1 Å². The molecule has 0 aliphatic carbocycles. The van der Waals surface area contributed by atoms with E-state index >= 15 is 0 Å². The van der Waals surface area contributed by atoms with Gasteiger partial charge in [-0.15, -0.1) is 0 Å². The molecule has 2 aromatic carbocycles. The summed E-state index contributed by atoms with van der Waals surface area (Å²) in [6.45, 7) is 6.67. The maximum Gasteiger partial charge on any atom is 0.220 e. The number of carbonyl (C=O) groups excluding carboxylic acids is 1. The summed E-state index contributed by atoms with van der Waals surface area (Å²) < 4.78 is 6.03. The van der Waals surface area contributed by atoms with Crippen molar-refractivity contribution in [3.63, 3.8) is 0 Å². The normalized spacial score (nSPS) is 22.2. The van der Waals surface area contributed by atoms with Crippen molar-refractivity contribution in [2.24, 2.45) is 10.4 Å². The molecular weight excluding hydrogens is 364 g/mol. The molecule has 1 unspecified atom stereocenters. The topological polar surface area (TPSA) is 66.0 Å². The molecule has 2 aromatic rings. The highest BCUT2D eigenvalue weighted by Crippen LogP contribution is 2.36. The van der Waals surface area contributed by atoms with Crippen molar-refractivity contribution in [1.29, 1.82) is 0 Å². The Morgan fingerprint density at radius 2 is 2.14 bits per heavy atom. The van der Waals surface area contributed by atoms with Crippen LogP contribution in [0.2, 0.25) is 0 Å². The molecule has 2 aliphatic heterocycles. The van der Waals surface area contributed by atoms with Crippen molar-refractivity contribution in [2.45, 2.75) is 26.2 Å². The van der Waals surface area contributed by atoms with Gasteiger partial charge < -0.3 is 20.3 Å². The first-order chi connectivity index (χ1) is 14.2. The number of amides is 1. The minimum absolute atomic E-state index is 0.0605. The van der Waals surface area contributed by atoms with E-state index in [1.165, 1.54) is 5.39 Å². The summed E-state index contributed by atoms with van der Waals surface area (Å²) in [5.41, 5.74) is 0.0605. The minimum Gasteiger partial charge on any atom is -0.491 e. The molecule has 2 N–H and O–H groups in total. The molecule has 6 nitrogen and oxygen atoms in total. The van der Waals surface area contributed by atoms with E-state index in [4.69, 9.17) is 9.73 Å². The van der Waals surface area contributed by atoms with Gasteiger partial charge in [-0.05, 0) is 31.2 Å². The molecular formula is C23H30N4O2. The molecule has 1 atom stereocenters. The molecule has 4 rings (SSSR count). The van der Waals surface area contributed by atoms with Crippen LogP contribution in [0.15, 0.2) is 47.5 Å². The van der Waals surface area contributed by atoms with Gasteiger partial charge in [0.2, 0.25) is 5.91 Å². The molecule has 0 radical (unpaired) electrons. The first-order valence-corrected chi connectivity index (χ1v) is 10.6. The Balaban J connectivity index is 1.39. The standard InChI is InChI=1S/C23H30N4O2/c1-2-24-22(27-13-6-11-23(17-27)15-21(28)26-16-23)25-12-14-29-20-10-5-8-18-7-3-4-9-19(18)20/h3-5,7-10H,2,6,11-17H2,1H3,(H,24,25)(H,26,28). The quantitative estimate of drug-likeness (QED) is 0.465. The second kappa shape index (κ2) is 8.72. The van der Waals surface area contributed by atoms with Gasteiger partial charge in [0, 0.05) is 43.4 Å². The van der Waals surface area contributed by atoms with Crippen LogP contribution in [-0.4, -0.2) is 56.1 Å². The fourth-order valence-corrected chi connectivity index (χ4v) is 4.48. The predicted molar refractivity (Wildman–Crippen MR) is 116 cm³/mol. The van der Waals surface area contributed by atoms with Gasteiger partial charge in [-0.25, -0.2) is 4.99 Å². The molecule has 6 heteroatoms. The second-order valence-corrected chi connectivity index (χ2v) is 8.04. The van der Waals surface area contributed by atoms with E-state index in [2.05, 4.69) is 40.7 Å². The summed E-state index contributed by atoms with van der Waals surface area (Å²) in [5, 5.41) is 8.73. The Morgan fingerprint density at radius 1 is 1.28 bits per heavy atom. The van der Waals surface area contributed by atoms with Crippen LogP contribution < -0.4 is 15.4 Å². The van der Waals surface area contributed by atoms with Crippen LogP contribution in [0.1, 0.15) is 26.2 Å². The fraction of sp³-hybridized carbons (Fsp3) is 0.478. The molecule has 1 amide bonds. The van der Waals surface area contributed by atoms with Gasteiger partial charge in [0.15, 0.2) is 5.96 Å². The van der Waals surface area contributed by atoms with Crippen LogP contribution >= 0.6 is 0 Å². The highest BCUT2D eigenvalue weighted by Gasteiger charge is 2.42. The maximum atomic E-state index is 11.8. The molecule has 2 aliphatic rings. The molecule has 0 bridgehead atoms. The van der Waals surface area contributed by atoms with Crippen LogP contribution in [-0.2, 0) is 4.79 Å². The van der Waals surface area contributed by atoms with Crippen molar-refractivity contribution in [1.82, 2.24) is 15.5 Å². The number of nitrogens with zero attached hydrogens (tertiary/aromatic N) is 2. The van der Waals surface area contributed by atoms with Crippen LogP contribution in [0.4, 0.5) is 0 Å². The van der Waals surface area contributed by atoms with Crippen LogP contribution in [0.3, 0.4) is 0 Å². The molecule has 2 heterocycles. The van der Waals surface area contributed by atoms with Gasteiger partial charge in [-0.3, -0.25) is 4.79 Å². The number of hydrogen-bond donors (Lipinski definition) is 2. The first kappa shape index (κ1) is 19.6. The average molecular weight is 395 g/mol. The maximum absolute atomic E-state index is 11.8. The summed E-state index contributed by atoms with van der Waals surface area (Å²) in [7, 11) is 0. The molecule has 154 valence electrons. The molecule has 1 spiro atoms. The Kier molecular flexibility index (Phi) is 5.88. The zero-order valence-corrected chi connectivity index (χ0v) is 17.1. The monoisotopic (exact) mass is 394 g/mol. The zero-order chi connectivity index (χ0) is 20.1. The highest BCUT2D eigenvalue weighted by molar-refractivity contribution is 5.88. The van der Waals surface area contributed by atoms with E-state index in [1.54, 1.807) is 0 Å². The van der Waals surface area contributed by atoms with Crippen molar-refractivity contribution >= 4 is 22.6 Å². The van der Waals surface area contributed by atoms with Crippen LogP contribution in [0.5, 0.6) is 5.75 Å². The van der Waals surface area contributed by atoms with Gasteiger partial charge in [0.05, 0.1) is 6.54 Å². The number of ether oxygens (including phenoxy) is 1. The summed E-state index contributed by atoms with van der Waals surface area (Å²) in [4.78, 5) is 18.9. The van der Waals surface area contributed by atoms with Crippen molar-refractivity contribution in [3.8, 4) is 5.75 Å². The second-order valence-electron chi connectivity index (χ2n) is 8.04. The number of likely N-dealkylation sites (tertiary alicyclic amines) is 1. The predicted octanol–water partition coefficient (Wildman–Crippen LogP) is 2.79. The molecule has 0 aromatic heterocycles. The number of fused-ring (bicyclic) bond motifs is 1. The van der Waals surface area contributed by atoms with E-state index in [0.29, 0.717) is 19.6 Å². The SMILES string of the molecule is CCNC(=NCCOc1cccc2ccccc12)N1CCCC2(CNC(=O)C2)C1. The van der Waals surface area contributed by atoms with E-state index < -0.39 is 0 Å². The average Bonchev–Trinajstić information content (AvgIpc) is 3.09. The lowest BCUT2D eigenvalue weighted by atomic mass is 9.79. The number of guanidine groups is 1. The van der Waals surface area contributed by atoms with E-state index in [1.807, 2.05) is 24.3 Å². The molecule has 29 heavy (non-hydrogen) atoms. The Bertz CT molecular complexity index is 892. The van der Waals surface area contributed by atoms with Gasteiger partial charge >= 0.3 is 0 Å². The summed E-state index contributed by atoms with van der Waals surface area (Å²) >= 11 is 0. The van der Waals surface area contributed by atoms with Gasteiger partial charge in [0.1, 0.15) is 12.4 Å². The van der Waals surface area contributed by atoms with Crippen LogP contribution in [0, 0.1) is 5.41 Å². The Labute approximate surface area is 172 Å². The number of carbonyl (C=O) groups is 1. The first-order valence-electron chi connectivity index (χ1n) is 10.6. The van der Waals surface area contributed by atoms with Gasteiger partial charge in [0.25, 0.3) is 0 Å². The smallest absolute Gasteiger partial charge is 0.220 e. The highest BCUT2D eigenvalue weighted by atomic mass is 16.5. The summed E-state index contributed by atoms with van der Waals surface area (Å²) in [5.74, 6) is 2.00.